The largest absolute Gasteiger partial charge is 0.347 e. The fraction of sp³-hybridized carbons (Fsp3) is 0.346. The summed E-state index contributed by atoms with van der Waals surface area (Å²) in [4.78, 5) is 49.9. The SMILES string of the molecule is CN(C)c1ncc(-c2cc(CNCC3CCN(c4nccc(/C=C5\SC(=O)NC5=O)n4)CC3)ccn2)cn1. The predicted octanol–water partition coefficient (Wildman–Crippen LogP) is 2.72. The van der Waals surface area contributed by atoms with E-state index in [0.717, 1.165) is 62.0 Å². The summed E-state index contributed by atoms with van der Waals surface area (Å²) in [6.45, 7) is 3.42. The maximum atomic E-state index is 11.8. The minimum atomic E-state index is -0.385. The number of thioether (sulfide) groups is 1. The molecule has 3 aromatic rings. The topological polar surface area (TPSA) is 129 Å². The number of pyridine rings is 1. The molecule has 2 fully saturated rings. The predicted molar refractivity (Wildman–Crippen MR) is 147 cm³/mol. The van der Waals surface area contributed by atoms with Gasteiger partial charge in [0.2, 0.25) is 11.9 Å². The van der Waals surface area contributed by atoms with Crippen LogP contribution in [0.3, 0.4) is 0 Å². The van der Waals surface area contributed by atoms with E-state index in [4.69, 9.17) is 0 Å². The Bertz CT molecular complexity index is 1340. The van der Waals surface area contributed by atoms with Gasteiger partial charge in [0.25, 0.3) is 11.1 Å². The lowest BCUT2D eigenvalue weighted by atomic mass is 9.97. The first-order valence-corrected chi connectivity index (χ1v) is 13.2. The number of piperidine rings is 1. The van der Waals surface area contributed by atoms with Crippen molar-refractivity contribution in [1.82, 2.24) is 35.6 Å². The fourth-order valence-corrected chi connectivity index (χ4v) is 5.00. The van der Waals surface area contributed by atoms with Crippen LogP contribution in [0.5, 0.6) is 0 Å². The average molecular weight is 532 g/mol. The summed E-state index contributed by atoms with van der Waals surface area (Å²) < 4.78 is 0. The zero-order valence-corrected chi connectivity index (χ0v) is 22.1. The van der Waals surface area contributed by atoms with E-state index >= 15 is 0 Å². The summed E-state index contributed by atoms with van der Waals surface area (Å²) >= 11 is 0.887. The summed E-state index contributed by atoms with van der Waals surface area (Å²) in [6, 6.07) is 5.84. The van der Waals surface area contributed by atoms with Crippen molar-refractivity contribution in [3.05, 3.63) is 59.1 Å². The van der Waals surface area contributed by atoms with Gasteiger partial charge in [-0.3, -0.25) is 19.9 Å². The lowest BCUT2D eigenvalue weighted by Gasteiger charge is -2.32. The number of anilines is 2. The maximum Gasteiger partial charge on any atom is 0.290 e. The zero-order chi connectivity index (χ0) is 26.5. The smallest absolute Gasteiger partial charge is 0.290 e. The highest BCUT2D eigenvalue weighted by Crippen LogP contribution is 2.26. The van der Waals surface area contributed by atoms with Gasteiger partial charge in [0.05, 0.1) is 16.3 Å². The van der Waals surface area contributed by atoms with Crippen LogP contribution in [0.25, 0.3) is 17.3 Å². The van der Waals surface area contributed by atoms with Crippen LogP contribution in [0.15, 0.2) is 47.9 Å². The molecule has 0 aromatic carbocycles. The lowest BCUT2D eigenvalue weighted by Crippen LogP contribution is -2.38. The van der Waals surface area contributed by atoms with Crippen molar-refractivity contribution >= 4 is 40.9 Å². The molecule has 11 nitrogen and oxygen atoms in total. The van der Waals surface area contributed by atoms with Crippen molar-refractivity contribution in [2.75, 3.05) is 43.5 Å². The molecule has 2 amide bonds. The molecule has 38 heavy (non-hydrogen) atoms. The third-order valence-corrected chi connectivity index (χ3v) is 7.21. The van der Waals surface area contributed by atoms with Crippen LogP contribution < -0.4 is 20.4 Å². The quantitative estimate of drug-likeness (QED) is 0.416. The normalized spacial score (nSPS) is 17.2. The second-order valence-electron chi connectivity index (χ2n) is 9.41. The standard InChI is InChI=1S/C26H29N9O2S/c1-34(2)24-30-15-19(16-31-24)21-11-18(3-7-28-21)14-27-13-17-5-9-35(10-6-17)25-29-8-4-20(32-25)12-22-23(36)33-26(37)38-22/h3-4,7-8,11-12,15-17,27H,5-6,9-10,13-14H2,1-2H3,(H,33,36,37)/b22-12-. The molecule has 0 saturated carbocycles. The average Bonchev–Trinajstić information content (AvgIpc) is 3.25. The number of amides is 2. The van der Waals surface area contributed by atoms with E-state index < -0.39 is 0 Å². The van der Waals surface area contributed by atoms with Crippen LogP contribution in [0, 0.1) is 5.92 Å². The molecule has 3 aromatic heterocycles. The van der Waals surface area contributed by atoms with Gasteiger partial charge in [-0.2, -0.15) is 0 Å². The Hall–Kier alpha value is -3.90. The molecular formula is C26H29N9O2S. The molecule has 196 valence electrons. The molecular weight excluding hydrogens is 502 g/mol. The first-order chi connectivity index (χ1) is 18.4. The molecule has 2 saturated heterocycles. The highest BCUT2D eigenvalue weighted by Gasteiger charge is 2.25. The second kappa shape index (κ2) is 11.7. The lowest BCUT2D eigenvalue weighted by molar-refractivity contribution is -0.115. The molecule has 5 rings (SSSR count). The third-order valence-electron chi connectivity index (χ3n) is 6.40. The van der Waals surface area contributed by atoms with Gasteiger partial charge in [-0.15, -0.1) is 0 Å². The Kier molecular flexibility index (Phi) is 7.89. The van der Waals surface area contributed by atoms with Gasteiger partial charge < -0.3 is 15.1 Å². The van der Waals surface area contributed by atoms with Gasteiger partial charge in [0, 0.05) is 64.1 Å². The van der Waals surface area contributed by atoms with Crippen molar-refractivity contribution in [3.63, 3.8) is 0 Å². The van der Waals surface area contributed by atoms with Crippen LogP contribution in [0.4, 0.5) is 16.7 Å². The van der Waals surface area contributed by atoms with E-state index in [0.29, 0.717) is 28.4 Å². The summed E-state index contributed by atoms with van der Waals surface area (Å²) in [5, 5.41) is 5.49. The first kappa shape index (κ1) is 25.7. The molecule has 0 atom stereocenters. The summed E-state index contributed by atoms with van der Waals surface area (Å²) in [7, 11) is 3.83. The van der Waals surface area contributed by atoms with Gasteiger partial charge in [0.1, 0.15) is 0 Å². The Morgan fingerprint density at radius 2 is 1.87 bits per heavy atom. The highest BCUT2D eigenvalue weighted by atomic mass is 32.2. The van der Waals surface area contributed by atoms with E-state index in [9.17, 15) is 9.59 Å². The number of imide groups is 1. The molecule has 2 aliphatic rings. The van der Waals surface area contributed by atoms with Crippen LogP contribution in [0.2, 0.25) is 0 Å². The Morgan fingerprint density at radius 3 is 2.58 bits per heavy atom. The van der Waals surface area contributed by atoms with E-state index in [1.54, 1.807) is 30.7 Å². The molecule has 0 bridgehead atoms. The van der Waals surface area contributed by atoms with E-state index in [2.05, 4.69) is 46.5 Å². The number of carbonyl (C=O) groups excluding carboxylic acids is 2. The van der Waals surface area contributed by atoms with Gasteiger partial charge in [-0.25, -0.2) is 19.9 Å². The van der Waals surface area contributed by atoms with Crippen molar-refractivity contribution in [3.8, 4) is 11.3 Å². The summed E-state index contributed by atoms with van der Waals surface area (Å²) in [6.07, 6.45) is 10.8. The number of aromatic nitrogens is 5. The van der Waals surface area contributed by atoms with Crippen LogP contribution in [-0.4, -0.2) is 69.8 Å². The second-order valence-corrected chi connectivity index (χ2v) is 10.4. The van der Waals surface area contributed by atoms with Crippen LogP contribution in [0.1, 0.15) is 24.1 Å². The number of hydrogen-bond acceptors (Lipinski definition) is 11. The molecule has 0 aliphatic carbocycles. The van der Waals surface area contributed by atoms with Crippen LogP contribution in [-0.2, 0) is 11.3 Å². The number of carbonyl (C=O) groups is 2. The fourth-order valence-electron chi connectivity index (χ4n) is 4.33. The summed E-state index contributed by atoms with van der Waals surface area (Å²) in [5.41, 5.74) is 3.54. The monoisotopic (exact) mass is 531 g/mol. The molecule has 2 aliphatic heterocycles. The highest BCUT2D eigenvalue weighted by molar-refractivity contribution is 8.18. The Balaban J connectivity index is 1.10. The van der Waals surface area contributed by atoms with Gasteiger partial charge >= 0.3 is 0 Å². The number of hydrogen-bond donors (Lipinski definition) is 2. The van der Waals surface area contributed by atoms with Crippen molar-refractivity contribution in [2.45, 2.75) is 19.4 Å². The Labute approximate surface area is 225 Å². The van der Waals surface area contributed by atoms with Gasteiger partial charge in [-0.05, 0) is 66.9 Å². The summed E-state index contributed by atoms with van der Waals surface area (Å²) in [5.74, 6) is 1.50. The van der Waals surface area contributed by atoms with Crippen molar-refractivity contribution in [2.24, 2.45) is 5.92 Å². The maximum absolute atomic E-state index is 11.8. The van der Waals surface area contributed by atoms with Gasteiger partial charge in [0.15, 0.2) is 0 Å². The molecule has 12 heteroatoms. The van der Waals surface area contributed by atoms with Crippen molar-refractivity contribution < 1.29 is 9.59 Å². The minimum Gasteiger partial charge on any atom is -0.347 e. The molecule has 0 spiro atoms. The zero-order valence-electron chi connectivity index (χ0n) is 21.3. The number of nitrogens with one attached hydrogen (secondary N) is 2. The number of nitrogens with zero attached hydrogens (tertiary/aromatic N) is 7. The minimum absolute atomic E-state index is 0.348. The number of rotatable bonds is 8. The van der Waals surface area contributed by atoms with Crippen molar-refractivity contribution in [1.29, 1.82) is 0 Å². The molecule has 0 unspecified atom stereocenters. The van der Waals surface area contributed by atoms with E-state index in [1.807, 2.05) is 31.3 Å². The third kappa shape index (κ3) is 6.32. The molecule has 0 radical (unpaired) electrons. The van der Waals surface area contributed by atoms with Crippen LogP contribution >= 0.6 is 11.8 Å². The Morgan fingerprint density at radius 1 is 1.11 bits per heavy atom. The van der Waals surface area contributed by atoms with E-state index in [1.165, 1.54) is 5.56 Å². The van der Waals surface area contributed by atoms with Gasteiger partial charge in [-0.1, -0.05) is 0 Å². The van der Waals surface area contributed by atoms with E-state index in [-0.39, 0.29) is 11.1 Å². The molecule has 5 heterocycles. The first-order valence-electron chi connectivity index (χ1n) is 12.4. The molecule has 2 N–H and O–H groups in total.